The monoisotopic (exact) mass is 288 g/mol. The van der Waals surface area contributed by atoms with Crippen molar-refractivity contribution in [3.63, 3.8) is 0 Å². The van der Waals surface area contributed by atoms with Crippen LogP contribution in [0.2, 0.25) is 0 Å². The van der Waals surface area contributed by atoms with Gasteiger partial charge in [0.1, 0.15) is 5.75 Å². The summed E-state index contributed by atoms with van der Waals surface area (Å²) in [7, 11) is 0. The van der Waals surface area contributed by atoms with Gasteiger partial charge in [-0.05, 0) is 61.2 Å². The molecule has 0 bridgehead atoms. The van der Waals surface area contributed by atoms with Crippen LogP contribution in [0.4, 0.5) is 0 Å². The van der Waals surface area contributed by atoms with E-state index in [0.29, 0.717) is 0 Å². The molecule has 0 fully saturated rings. The van der Waals surface area contributed by atoms with Crippen molar-refractivity contribution >= 4 is 11.3 Å². The number of hydrogen-bond donors (Lipinski definition) is 0. The van der Waals surface area contributed by atoms with E-state index >= 15 is 0 Å². The maximum atomic E-state index is 5.78. The molecule has 0 saturated carbocycles. The van der Waals surface area contributed by atoms with Crippen LogP contribution in [0, 0.1) is 0 Å². The van der Waals surface area contributed by atoms with Gasteiger partial charge in [0.05, 0.1) is 6.61 Å². The summed E-state index contributed by atoms with van der Waals surface area (Å²) in [5, 5.41) is 2.15. The van der Waals surface area contributed by atoms with Crippen LogP contribution < -0.4 is 4.74 Å². The topological polar surface area (TPSA) is 9.23 Å². The lowest BCUT2D eigenvalue weighted by atomic mass is 10.1. The standard InChI is InChI=1S/C18H24OS/c1-2-7-16-10-12-17(13-11-16)19-14-5-3-4-8-18-9-6-15-20-18/h6,9-13,15H,2-5,7-8,14H2,1H3. The second kappa shape index (κ2) is 8.80. The Morgan fingerprint density at radius 1 is 0.950 bits per heavy atom. The molecule has 1 nitrogen and oxygen atoms in total. The normalized spacial score (nSPS) is 10.7. The molecule has 0 radical (unpaired) electrons. The molecule has 108 valence electrons. The molecule has 0 aliphatic heterocycles. The smallest absolute Gasteiger partial charge is 0.119 e. The first kappa shape index (κ1) is 15.1. The molecular weight excluding hydrogens is 264 g/mol. The molecule has 0 N–H and O–H groups in total. The molecule has 1 aromatic carbocycles. The Labute approximate surface area is 126 Å². The Morgan fingerprint density at radius 2 is 1.80 bits per heavy atom. The lowest BCUT2D eigenvalue weighted by Gasteiger charge is -2.07. The average Bonchev–Trinajstić information content (AvgIpc) is 2.98. The molecule has 0 spiro atoms. The van der Waals surface area contributed by atoms with Crippen molar-refractivity contribution in [3.05, 3.63) is 52.2 Å². The zero-order valence-electron chi connectivity index (χ0n) is 12.3. The van der Waals surface area contributed by atoms with E-state index in [4.69, 9.17) is 4.74 Å². The summed E-state index contributed by atoms with van der Waals surface area (Å²) in [6.45, 7) is 3.04. The highest BCUT2D eigenvalue weighted by Crippen LogP contribution is 2.15. The van der Waals surface area contributed by atoms with Gasteiger partial charge in [-0.25, -0.2) is 0 Å². The molecular formula is C18H24OS. The first-order valence-corrected chi connectivity index (χ1v) is 8.50. The van der Waals surface area contributed by atoms with Gasteiger partial charge in [0.15, 0.2) is 0 Å². The zero-order chi connectivity index (χ0) is 14.0. The minimum atomic E-state index is 0.831. The Balaban J connectivity index is 1.56. The molecule has 0 saturated heterocycles. The van der Waals surface area contributed by atoms with E-state index in [1.807, 2.05) is 11.3 Å². The summed E-state index contributed by atoms with van der Waals surface area (Å²) in [5.41, 5.74) is 1.40. The Morgan fingerprint density at radius 3 is 2.50 bits per heavy atom. The highest BCUT2D eigenvalue weighted by Gasteiger charge is 1.97. The maximum absolute atomic E-state index is 5.78. The van der Waals surface area contributed by atoms with Crippen molar-refractivity contribution in [1.29, 1.82) is 0 Å². The van der Waals surface area contributed by atoms with Crippen LogP contribution in [-0.2, 0) is 12.8 Å². The molecule has 0 amide bonds. The number of thiophene rings is 1. The summed E-state index contributed by atoms with van der Waals surface area (Å²) in [6.07, 6.45) is 7.21. The number of rotatable bonds is 9. The van der Waals surface area contributed by atoms with Gasteiger partial charge in [-0.15, -0.1) is 11.3 Å². The lowest BCUT2D eigenvalue weighted by Crippen LogP contribution is -1.97. The fourth-order valence-corrected chi connectivity index (χ4v) is 3.02. The maximum Gasteiger partial charge on any atom is 0.119 e. The van der Waals surface area contributed by atoms with Gasteiger partial charge in [0.2, 0.25) is 0 Å². The molecule has 1 heterocycles. The molecule has 0 aliphatic rings. The highest BCUT2D eigenvalue weighted by atomic mass is 32.1. The molecule has 0 atom stereocenters. The lowest BCUT2D eigenvalue weighted by molar-refractivity contribution is 0.305. The van der Waals surface area contributed by atoms with Crippen molar-refractivity contribution in [2.75, 3.05) is 6.61 Å². The van der Waals surface area contributed by atoms with E-state index in [1.165, 1.54) is 36.1 Å². The molecule has 20 heavy (non-hydrogen) atoms. The van der Waals surface area contributed by atoms with E-state index in [1.54, 1.807) is 0 Å². The SMILES string of the molecule is CCCc1ccc(OCCCCCc2cccs2)cc1. The number of benzene rings is 1. The fraction of sp³-hybridized carbons (Fsp3) is 0.444. The van der Waals surface area contributed by atoms with Gasteiger partial charge < -0.3 is 4.74 Å². The number of hydrogen-bond acceptors (Lipinski definition) is 2. The molecule has 2 aromatic rings. The van der Waals surface area contributed by atoms with Crippen LogP contribution in [0.1, 0.15) is 43.0 Å². The van der Waals surface area contributed by atoms with Crippen LogP contribution >= 0.6 is 11.3 Å². The van der Waals surface area contributed by atoms with Gasteiger partial charge in [-0.1, -0.05) is 31.5 Å². The molecule has 1 aromatic heterocycles. The molecule has 2 heteroatoms. The summed E-state index contributed by atoms with van der Waals surface area (Å²) in [4.78, 5) is 1.50. The quantitative estimate of drug-likeness (QED) is 0.554. The minimum absolute atomic E-state index is 0.831. The predicted octanol–water partition coefficient (Wildman–Crippen LogP) is 5.49. The number of aryl methyl sites for hydroxylation is 2. The third-order valence-corrected chi connectivity index (χ3v) is 4.31. The van der Waals surface area contributed by atoms with Crippen molar-refractivity contribution in [2.45, 2.75) is 45.4 Å². The van der Waals surface area contributed by atoms with Crippen LogP contribution in [-0.4, -0.2) is 6.61 Å². The summed E-state index contributed by atoms with van der Waals surface area (Å²) in [5.74, 6) is 1.00. The predicted molar refractivity (Wildman–Crippen MR) is 87.8 cm³/mol. The van der Waals surface area contributed by atoms with E-state index < -0.39 is 0 Å². The largest absolute Gasteiger partial charge is 0.494 e. The van der Waals surface area contributed by atoms with E-state index in [0.717, 1.165) is 25.2 Å². The van der Waals surface area contributed by atoms with Crippen LogP contribution in [0.25, 0.3) is 0 Å². The van der Waals surface area contributed by atoms with E-state index in [9.17, 15) is 0 Å². The average molecular weight is 288 g/mol. The van der Waals surface area contributed by atoms with Gasteiger partial charge in [0, 0.05) is 4.88 Å². The van der Waals surface area contributed by atoms with Gasteiger partial charge in [-0.3, -0.25) is 0 Å². The first-order chi connectivity index (χ1) is 9.88. The van der Waals surface area contributed by atoms with Crippen molar-refractivity contribution < 1.29 is 4.74 Å². The van der Waals surface area contributed by atoms with Gasteiger partial charge in [0.25, 0.3) is 0 Å². The number of unbranched alkanes of at least 4 members (excludes halogenated alkanes) is 2. The Bertz CT molecular complexity index is 459. The molecule has 0 aliphatic carbocycles. The summed E-state index contributed by atoms with van der Waals surface area (Å²) >= 11 is 1.86. The number of ether oxygens (including phenoxy) is 1. The third-order valence-electron chi connectivity index (χ3n) is 3.38. The second-order valence-corrected chi connectivity index (χ2v) is 6.16. The zero-order valence-corrected chi connectivity index (χ0v) is 13.1. The van der Waals surface area contributed by atoms with Crippen molar-refractivity contribution in [1.82, 2.24) is 0 Å². The first-order valence-electron chi connectivity index (χ1n) is 7.62. The summed E-state index contributed by atoms with van der Waals surface area (Å²) < 4.78 is 5.78. The summed E-state index contributed by atoms with van der Waals surface area (Å²) in [6, 6.07) is 12.9. The van der Waals surface area contributed by atoms with Gasteiger partial charge in [-0.2, -0.15) is 0 Å². The van der Waals surface area contributed by atoms with Crippen LogP contribution in [0.15, 0.2) is 41.8 Å². The van der Waals surface area contributed by atoms with Gasteiger partial charge >= 0.3 is 0 Å². The van der Waals surface area contributed by atoms with E-state index in [2.05, 4.69) is 48.7 Å². The minimum Gasteiger partial charge on any atom is -0.494 e. The van der Waals surface area contributed by atoms with Crippen molar-refractivity contribution in [2.24, 2.45) is 0 Å². The Kier molecular flexibility index (Phi) is 6.65. The van der Waals surface area contributed by atoms with Crippen LogP contribution in [0.3, 0.4) is 0 Å². The van der Waals surface area contributed by atoms with Crippen LogP contribution in [0.5, 0.6) is 5.75 Å². The molecule has 0 unspecified atom stereocenters. The Hall–Kier alpha value is -1.28. The second-order valence-electron chi connectivity index (χ2n) is 5.13. The third kappa shape index (κ3) is 5.38. The van der Waals surface area contributed by atoms with Crippen molar-refractivity contribution in [3.8, 4) is 5.75 Å². The van der Waals surface area contributed by atoms with E-state index in [-0.39, 0.29) is 0 Å². The molecule has 2 rings (SSSR count). The highest BCUT2D eigenvalue weighted by molar-refractivity contribution is 7.09. The fourth-order valence-electron chi connectivity index (χ4n) is 2.26.